The van der Waals surface area contributed by atoms with E-state index in [0.29, 0.717) is 6.54 Å². The normalized spacial score (nSPS) is 10.7. The molecule has 0 radical (unpaired) electrons. The van der Waals surface area contributed by atoms with Crippen LogP contribution in [0.5, 0.6) is 5.75 Å². The van der Waals surface area contributed by atoms with Crippen molar-refractivity contribution >= 4 is 11.3 Å². The topological polar surface area (TPSA) is 21.3 Å². The molecule has 1 N–H and O–H groups in total. The van der Waals surface area contributed by atoms with Crippen LogP contribution >= 0.6 is 11.3 Å². The minimum atomic E-state index is -0.672. The van der Waals surface area contributed by atoms with E-state index in [9.17, 15) is 8.78 Å². The Balaban J connectivity index is 1.74. The van der Waals surface area contributed by atoms with Gasteiger partial charge in [-0.1, -0.05) is 6.07 Å². The van der Waals surface area contributed by atoms with Crippen LogP contribution < -0.4 is 10.1 Å². The number of thiophene rings is 1. The molecule has 102 valence electrons. The lowest BCUT2D eigenvalue weighted by molar-refractivity contribution is 0.283. The highest BCUT2D eigenvalue weighted by Crippen LogP contribution is 2.20. The van der Waals surface area contributed by atoms with Crippen molar-refractivity contribution in [2.75, 3.05) is 13.2 Å². The summed E-state index contributed by atoms with van der Waals surface area (Å²) in [6.45, 7) is 3.55. The van der Waals surface area contributed by atoms with E-state index in [1.54, 1.807) is 11.3 Å². The summed E-state index contributed by atoms with van der Waals surface area (Å²) in [5, 5.41) is 5.22. The lowest BCUT2D eigenvalue weighted by atomic mass is 10.3. The molecule has 1 aromatic heterocycles. The van der Waals surface area contributed by atoms with Gasteiger partial charge in [0.05, 0.1) is 0 Å². The van der Waals surface area contributed by atoms with Gasteiger partial charge >= 0.3 is 0 Å². The number of hydrogen-bond donors (Lipinski definition) is 1. The van der Waals surface area contributed by atoms with E-state index in [1.807, 2.05) is 5.38 Å². The van der Waals surface area contributed by atoms with Gasteiger partial charge in [-0.05, 0) is 36.1 Å². The van der Waals surface area contributed by atoms with Gasteiger partial charge in [-0.15, -0.1) is 11.3 Å². The van der Waals surface area contributed by atoms with E-state index in [1.165, 1.54) is 28.6 Å². The molecule has 0 aliphatic rings. The maximum absolute atomic E-state index is 13.3. The third-order valence-electron chi connectivity index (χ3n) is 2.70. The number of halogens is 2. The summed E-state index contributed by atoms with van der Waals surface area (Å²) in [7, 11) is 0. The van der Waals surface area contributed by atoms with Crippen LogP contribution in [0.25, 0.3) is 0 Å². The zero-order valence-electron chi connectivity index (χ0n) is 10.6. The number of nitrogens with one attached hydrogen (secondary N) is 1. The zero-order chi connectivity index (χ0) is 13.7. The Morgan fingerprint density at radius 1 is 1.21 bits per heavy atom. The van der Waals surface area contributed by atoms with E-state index in [0.717, 1.165) is 6.54 Å². The Bertz CT molecular complexity index is 522. The highest BCUT2D eigenvalue weighted by molar-refractivity contribution is 7.10. The average molecular weight is 283 g/mol. The van der Waals surface area contributed by atoms with Crippen LogP contribution in [0.1, 0.15) is 10.4 Å². The molecule has 0 amide bonds. The largest absolute Gasteiger partial charge is 0.486 e. The third-order valence-corrected chi connectivity index (χ3v) is 3.72. The second kappa shape index (κ2) is 6.63. The van der Waals surface area contributed by atoms with Crippen molar-refractivity contribution in [1.29, 1.82) is 0 Å². The summed E-state index contributed by atoms with van der Waals surface area (Å²) in [5.41, 5.74) is 1.25. The van der Waals surface area contributed by atoms with Crippen molar-refractivity contribution in [2.24, 2.45) is 0 Å². The second-order valence-electron chi connectivity index (χ2n) is 4.10. The number of aryl methyl sites for hydroxylation is 1. The highest BCUT2D eigenvalue weighted by Gasteiger charge is 2.08. The first-order valence-electron chi connectivity index (χ1n) is 5.99. The van der Waals surface area contributed by atoms with Crippen LogP contribution in [0.2, 0.25) is 0 Å². The molecular formula is C14H15F2NOS. The van der Waals surface area contributed by atoms with Crippen molar-refractivity contribution in [2.45, 2.75) is 13.5 Å². The molecule has 2 aromatic rings. The van der Waals surface area contributed by atoms with E-state index < -0.39 is 11.6 Å². The fraction of sp³-hybridized carbons (Fsp3) is 0.286. The summed E-state index contributed by atoms with van der Waals surface area (Å²) in [6.07, 6.45) is 0. The molecule has 0 spiro atoms. The van der Waals surface area contributed by atoms with Gasteiger partial charge in [0.2, 0.25) is 0 Å². The number of rotatable bonds is 6. The molecule has 1 heterocycles. The van der Waals surface area contributed by atoms with Gasteiger partial charge in [0.15, 0.2) is 17.4 Å². The number of benzene rings is 1. The van der Waals surface area contributed by atoms with Gasteiger partial charge in [0.1, 0.15) is 6.61 Å². The molecule has 0 unspecified atom stereocenters. The Kier molecular flexibility index (Phi) is 4.87. The van der Waals surface area contributed by atoms with Gasteiger partial charge in [0, 0.05) is 18.0 Å². The standard InChI is InChI=1S/C14H15F2NOS/c1-10-5-8-19-13(10)9-17-6-7-18-14-11(15)3-2-4-12(14)16/h2-5,8,17H,6-7,9H2,1H3. The van der Waals surface area contributed by atoms with Crippen molar-refractivity contribution in [3.8, 4) is 5.75 Å². The van der Waals surface area contributed by atoms with Crippen LogP contribution in [-0.2, 0) is 6.54 Å². The van der Waals surface area contributed by atoms with Gasteiger partial charge in [-0.3, -0.25) is 0 Å². The molecule has 0 saturated carbocycles. The molecule has 0 atom stereocenters. The SMILES string of the molecule is Cc1ccsc1CNCCOc1c(F)cccc1F. The summed E-state index contributed by atoms with van der Waals surface area (Å²) in [6, 6.07) is 5.74. The summed E-state index contributed by atoms with van der Waals surface area (Å²) in [5.74, 6) is -1.65. The first kappa shape index (κ1) is 14.0. The Morgan fingerprint density at radius 3 is 2.58 bits per heavy atom. The number of hydrogen-bond acceptors (Lipinski definition) is 3. The molecular weight excluding hydrogens is 268 g/mol. The molecule has 0 aliphatic carbocycles. The molecule has 2 nitrogen and oxygen atoms in total. The smallest absolute Gasteiger partial charge is 0.190 e. The quantitative estimate of drug-likeness (QED) is 0.819. The predicted molar refractivity (Wildman–Crippen MR) is 72.6 cm³/mol. The monoisotopic (exact) mass is 283 g/mol. The second-order valence-corrected chi connectivity index (χ2v) is 5.10. The molecule has 0 aliphatic heterocycles. The summed E-state index contributed by atoms with van der Waals surface area (Å²) in [4.78, 5) is 1.26. The molecule has 19 heavy (non-hydrogen) atoms. The summed E-state index contributed by atoms with van der Waals surface area (Å²) < 4.78 is 31.6. The van der Waals surface area contributed by atoms with Gasteiger partial charge in [-0.25, -0.2) is 8.78 Å². The van der Waals surface area contributed by atoms with Gasteiger partial charge < -0.3 is 10.1 Å². The molecule has 0 saturated heterocycles. The summed E-state index contributed by atoms with van der Waals surface area (Å²) >= 11 is 1.69. The van der Waals surface area contributed by atoms with Crippen LogP contribution in [0.3, 0.4) is 0 Å². The van der Waals surface area contributed by atoms with E-state index >= 15 is 0 Å². The van der Waals surface area contributed by atoms with Gasteiger partial charge in [0.25, 0.3) is 0 Å². The van der Waals surface area contributed by atoms with Crippen LogP contribution in [-0.4, -0.2) is 13.2 Å². The van der Waals surface area contributed by atoms with Crippen molar-refractivity contribution in [3.63, 3.8) is 0 Å². The van der Waals surface area contributed by atoms with E-state index in [2.05, 4.69) is 18.3 Å². The Morgan fingerprint density at radius 2 is 1.95 bits per heavy atom. The maximum Gasteiger partial charge on any atom is 0.190 e. The van der Waals surface area contributed by atoms with Gasteiger partial charge in [-0.2, -0.15) is 0 Å². The van der Waals surface area contributed by atoms with Crippen molar-refractivity contribution in [1.82, 2.24) is 5.32 Å². The molecule has 0 bridgehead atoms. The average Bonchev–Trinajstić information content (AvgIpc) is 2.78. The Hall–Kier alpha value is -1.46. The third kappa shape index (κ3) is 3.75. The molecule has 1 aromatic carbocycles. The predicted octanol–water partition coefficient (Wildman–Crippen LogP) is 3.50. The molecule has 5 heteroatoms. The minimum absolute atomic E-state index is 0.224. The van der Waals surface area contributed by atoms with Crippen LogP contribution in [0.4, 0.5) is 8.78 Å². The lowest BCUT2D eigenvalue weighted by Gasteiger charge is -2.09. The molecule has 0 fully saturated rings. The Labute approximate surface area is 115 Å². The van der Waals surface area contributed by atoms with E-state index in [-0.39, 0.29) is 12.4 Å². The maximum atomic E-state index is 13.3. The number of para-hydroxylation sites is 1. The van der Waals surface area contributed by atoms with Crippen LogP contribution in [0, 0.1) is 18.6 Å². The minimum Gasteiger partial charge on any atom is -0.486 e. The van der Waals surface area contributed by atoms with Crippen molar-refractivity contribution < 1.29 is 13.5 Å². The lowest BCUT2D eigenvalue weighted by Crippen LogP contribution is -2.21. The highest BCUT2D eigenvalue weighted by atomic mass is 32.1. The first-order valence-corrected chi connectivity index (χ1v) is 6.87. The molecule has 2 rings (SSSR count). The number of ether oxygens (including phenoxy) is 1. The van der Waals surface area contributed by atoms with E-state index in [4.69, 9.17) is 4.74 Å². The van der Waals surface area contributed by atoms with Crippen LogP contribution in [0.15, 0.2) is 29.6 Å². The fourth-order valence-corrected chi connectivity index (χ4v) is 2.51. The fourth-order valence-electron chi connectivity index (χ4n) is 1.63. The zero-order valence-corrected chi connectivity index (χ0v) is 11.4. The van der Waals surface area contributed by atoms with Crippen molar-refractivity contribution in [3.05, 3.63) is 51.7 Å². The first-order chi connectivity index (χ1) is 9.18.